The van der Waals surface area contributed by atoms with Gasteiger partial charge in [0.05, 0.1) is 0 Å². The van der Waals surface area contributed by atoms with Crippen molar-refractivity contribution in [1.29, 1.82) is 0 Å². The van der Waals surface area contributed by atoms with Crippen LogP contribution in [0, 0.1) is 11.6 Å². The Bertz CT molecular complexity index is 503. The van der Waals surface area contributed by atoms with Crippen molar-refractivity contribution in [3.05, 3.63) is 35.4 Å². The molecule has 1 unspecified atom stereocenters. The van der Waals surface area contributed by atoms with Crippen molar-refractivity contribution >= 4 is 10.2 Å². The molecule has 0 aliphatic rings. The number of benzene rings is 1. The highest BCUT2D eigenvalue weighted by molar-refractivity contribution is 7.87. The van der Waals surface area contributed by atoms with E-state index in [0.717, 1.165) is 16.4 Å². The average molecular weight is 264 g/mol. The second-order valence-electron chi connectivity index (χ2n) is 3.79. The lowest BCUT2D eigenvalue weighted by molar-refractivity contribution is 0.488. The Balaban J connectivity index is 2.95. The zero-order valence-corrected chi connectivity index (χ0v) is 10.6. The van der Waals surface area contributed by atoms with E-state index in [2.05, 4.69) is 4.72 Å². The Kier molecular flexibility index (Phi) is 4.18. The lowest BCUT2D eigenvalue weighted by Gasteiger charge is -2.18. The normalized spacial score (nSPS) is 14.0. The third-order valence-electron chi connectivity index (χ3n) is 2.24. The maximum Gasteiger partial charge on any atom is 0.279 e. The van der Waals surface area contributed by atoms with Gasteiger partial charge in [0.25, 0.3) is 10.2 Å². The zero-order valence-electron chi connectivity index (χ0n) is 9.74. The van der Waals surface area contributed by atoms with Gasteiger partial charge in [-0.3, -0.25) is 0 Å². The van der Waals surface area contributed by atoms with E-state index in [1.54, 1.807) is 0 Å². The molecule has 4 nitrogen and oxygen atoms in total. The molecule has 96 valence electrons. The Labute approximate surface area is 99.4 Å². The fraction of sp³-hybridized carbons (Fsp3) is 0.400. The van der Waals surface area contributed by atoms with Crippen molar-refractivity contribution in [3.8, 4) is 0 Å². The fourth-order valence-corrected chi connectivity index (χ4v) is 2.03. The van der Waals surface area contributed by atoms with Gasteiger partial charge >= 0.3 is 0 Å². The molecule has 0 amide bonds. The average Bonchev–Trinajstić information content (AvgIpc) is 2.15. The first-order valence-corrected chi connectivity index (χ1v) is 6.33. The summed E-state index contributed by atoms with van der Waals surface area (Å²) in [6.07, 6.45) is 0. The standard InChI is InChI=1S/C10H14F2N2O2S/c1-7(13-17(15,16)14(2)3)9-5-4-8(11)6-10(9)12/h4-7,13H,1-3H3. The third-order valence-corrected chi connectivity index (χ3v) is 3.85. The van der Waals surface area contributed by atoms with E-state index in [4.69, 9.17) is 0 Å². The minimum atomic E-state index is -3.65. The fourth-order valence-electron chi connectivity index (χ4n) is 1.24. The van der Waals surface area contributed by atoms with E-state index in [0.29, 0.717) is 0 Å². The van der Waals surface area contributed by atoms with Crippen LogP contribution in [0.15, 0.2) is 18.2 Å². The molecule has 1 N–H and O–H groups in total. The van der Waals surface area contributed by atoms with Crippen molar-refractivity contribution < 1.29 is 17.2 Å². The van der Waals surface area contributed by atoms with Crippen LogP contribution in [-0.4, -0.2) is 26.8 Å². The molecule has 1 aromatic rings. The molecule has 0 spiro atoms. The molecule has 0 bridgehead atoms. The van der Waals surface area contributed by atoms with Crippen molar-refractivity contribution in [3.63, 3.8) is 0 Å². The summed E-state index contributed by atoms with van der Waals surface area (Å²) in [4.78, 5) is 0. The molecule has 0 aliphatic heterocycles. The van der Waals surface area contributed by atoms with Gasteiger partial charge in [-0.2, -0.15) is 17.4 Å². The first kappa shape index (κ1) is 14.0. The lowest BCUT2D eigenvalue weighted by Crippen LogP contribution is -2.37. The summed E-state index contributed by atoms with van der Waals surface area (Å²) in [5.74, 6) is -1.48. The van der Waals surface area contributed by atoms with Crippen LogP contribution in [0.4, 0.5) is 8.78 Å². The quantitative estimate of drug-likeness (QED) is 0.894. The summed E-state index contributed by atoms with van der Waals surface area (Å²) in [5, 5.41) is 0. The van der Waals surface area contributed by atoms with Gasteiger partial charge in [0.2, 0.25) is 0 Å². The molecule has 0 aliphatic carbocycles. The van der Waals surface area contributed by atoms with Gasteiger partial charge in [0.1, 0.15) is 11.6 Å². The molecule has 0 heterocycles. The van der Waals surface area contributed by atoms with Crippen LogP contribution in [0.3, 0.4) is 0 Å². The van der Waals surface area contributed by atoms with E-state index >= 15 is 0 Å². The first-order valence-electron chi connectivity index (χ1n) is 4.89. The SMILES string of the molecule is CC(NS(=O)(=O)N(C)C)c1ccc(F)cc1F. The number of halogens is 2. The molecular weight excluding hydrogens is 250 g/mol. The molecule has 0 saturated heterocycles. The van der Waals surface area contributed by atoms with Crippen LogP contribution in [-0.2, 0) is 10.2 Å². The Morgan fingerprint density at radius 2 is 1.88 bits per heavy atom. The maximum atomic E-state index is 13.4. The van der Waals surface area contributed by atoms with Gasteiger partial charge in [-0.05, 0) is 13.0 Å². The molecule has 1 rings (SSSR count). The molecule has 0 aromatic heterocycles. The summed E-state index contributed by atoms with van der Waals surface area (Å²) in [5.41, 5.74) is 0.0943. The molecule has 1 atom stereocenters. The van der Waals surface area contributed by atoms with Crippen molar-refractivity contribution in [2.24, 2.45) is 0 Å². The second kappa shape index (κ2) is 5.07. The van der Waals surface area contributed by atoms with Crippen LogP contribution < -0.4 is 4.72 Å². The monoisotopic (exact) mass is 264 g/mol. The van der Waals surface area contributed by atoms with Gasteiger partial charge in [-0.15, -0.1) is 0 Å². The summed E-state index contributed by atoms with van der Waals surface area (Å²) >= 11 is 0. The summed E-state index contributed by atoms with van der Waals surface area (Å²) in [6.45, 7) is 1.48. The van der Waals surface area contributed by atoms with Gasteiger partial charge in [-0.1, -0.05) is 6.07 Å². The maximum absolute atomic E-state index is 13.4. The molecule has 0 fully saturated rings. The zero-order chi connectivity index (χ0) is 13.2. The summed E-state index contributed by atoms with van der Waals surface area (Å²) in [7, 11) is -0.935. The van der Waals surface area contributed by atoms with Crippen molar-refractivity contribution in [1.82, 2.24) is 9.03 Å². The minimum absolute atomic E-state index is 0.0943. The largest absolute Gasteiger partial charge is 0.279 e. The van der Waals surface area contributed by atoms with Crippen LogP contribution in [0.25, 0.3) is 0 Å². The number of nitrogens with one attached hydrogen (secondary N) is 1. The Morgan fingerprint density at radius 1 is 1.29 bits per heavy atom. The highest BCUT2D eigenvalue weighted by atomic mass is 32.2. The van der Waals surface area contributed by atoms with E-state index in [1.807, 2.05) is 0 Å². The predicted molar refractivity (Wildman–Crippen MR) is 60.5 cm³/mol. The van der Waals surface area contributed by atoms with Crippen LogP contribution in [0.5, 0.6) is 0 Å². The van der Waals surface area contributed by atoms with E-state index in [9.17, 15) is 17.2 Å². The van der Waals surface area contributed by atoms with Gasteiger partial charge in [0.15, 0.2) is 0 Å². The van der Waals surface area contributed by atoms with Crippen LogP contribution in [0.1, 0.15) is 18.5 Å². The summed E-state index contributed by atoms with van der Waals surface area (Å²) < 4.78 is 52.3. The third kappa shape index (κ3) is 3.45. The van der Waals surface area contributed by atoms with Gasteiger partial charge < -0.3 is 0 Å². The topological polar surface area (TPSA) is 49.4 Å². The predicted octanol–water partition coefficient (Wildman–Crippen LogP) is 1.42. The van der Waals surface area contributed by atoms with Gasteiger partial charge in [0, 0.05) is 31.8 Å². The van der Waals surface area contributed by atoms with Crippen molar-refractivity contribution in [2.75, 3.05) is 14.1 Å². The van der Waals surface area contributed by atoms with Crippen LogP contribution >= 0.6 is 0 Å². The minimum Gasteiger partial charge on any atom is -0.207 e. The number of rotatable bonds is 4. The highest BCUT2D eigenvalue weighted by Gasteiger charge is 2.20. The number of hydrogen-bond donors (Lipinski definition) is 1. The highest BCUT2D eigenvalue weighted by Crippen LogP contribution is 2.18. The lowest BCUT2D eigenvalue weighted by atomic mass is 10.1. The molecule has 17 heavy (non-hydrogen) atoms. The van der Waals surface area contributed by atoms with E-state index in [1.165, 1.54) is 27.1 Å². The van der Waals surface area contributed by atoms with E-state index in [-0.39, 0.29) is 5.56 Å². The Hall–Kier alpha value is -1.05. The number of nitrogens with zero attached hydrogens (tertiary/aromatic N) is 1. The Morgan fingerprint density at radius 3 is 2.35 bits per heavy atom. The second-order valence-corrected chi connectivity index (χ2v) is 5.71. The van der Waals surface area contributed by atoms with Gasteiger partial charge in [-0.25, -0.2) is 8.78 Å². The first-order chi connectivity index (χ1) is 7.74. The molecule has 0 radical (unpaired) electrons. The molecule has 1 aromatic carbocycles. The molecule has 7 heteroatoms. The molecular formula is C10H14F2N2O2S. The van der Waals surface area contributed by atoms with Crippen molar-refractivity contribution in [2.45, 2.75) is 13.0 Å². The summed E-state index contributed by atoms with van der Waals surface area (Å²) in [6, 6.07) is 2.24. The van der Waals surface area contributed by atoms with E-state index < -0.39 is 27.9 Å². The number of hydrogen-bond acceptors (Lipinski definition) is 2. The molecule has 0 saturated carbocycles. The smallest absolute Gasteiger partial charge is 0.207 e. The van der Waals surface area contributed by atoms with Crippen LogP contribution in [0.2, 0.25) is 0 Å².